The number of amides is 1. The number of benzene rings is 2. The number of thioether (sulfide) groups is 1. The topological polar surface area (TPSA) is 75.3 Å². The Morgan fingerprint density at radius 2 is 1.85 bits per heavy atom. The summed E-state index contributed by atoms with van der Waals surface area (Å²) in [5, 5.41) is 2.82. The fraction of sp³-hybridized carbons (Fsp3) is 0.316. The van der Waals surface area contributed by atoms with E-state index in [2.05, 4.69) is 10.0 Å². The van der Waals surface area contributed by atoms with Crippen LogP contribution in [0.3, 0.4) is 0 Å². The molecule has 1 amide bonds. The Morgan fingerprint density at radius 1 is 1.12 bits per heavy atom. The first kappa shape index (κ1) is 20.5. The van der Waals surface area contributed by atoms with Crippen molar-refractivity contribution in [3.8, 4) is 0 Å². The van der Waals surface area contributed by atoms with Crippen LogP contribution in [-0.4, -0.2) is 32.4 Å². The molecule has 0 saturated carbocycles. The van der Waals surface area contributed by atoms with Crippen molar-refractivity contribution in [2.24, 2.45) is 0 Å². The van der Waals surface area contributed by atoms with Crippen LogP contribution in [0.2, 0.25) is 0 Å². The summed E-state index contributed by atoms with van der Waals surface area (Å²) in [6.45, 7) is 2.04. The highest BCUT2D eigenvalue weighted by molar-refractivity contribution is 7.98. The van der Waals surface area contributed by atoms with Gasteiger partial charge in [-0.25, -0.2) is 8.42 Å². The zero-order valence-corrected chi connectivity index (χ0v) is 16.6. The molecule has 0 aliphatic rings. The Morgan fingerprint density at radius 3 is 2.50 bits per heavy atom. The predicted molar refractivity (Wildman–Crippen MR) is 108 cm³/mol. The maximum absolute atomic E-state index is 12.7. The summed E-state index contributed by atoms with van der Waals surface area (Å²) < 4.78 is 27.7. The average molecular weight is 393 g/mol. The molecule has 0 saturated heterocycles. The molecule has 2 rings (SSSR count). The second kappa shape index (κ2) is 9.75. The molecule has 26 heavy (non-hydrogen) atoms. The molecular formula is C19H24N2O3S2. The molecule has 1 atom stereocenters. The van der Waals surface area contributed by atoms with Gasteiger partial charge in [0.25, 0.3) is 0 Å². The molecule has 0 aliphatic carbocycles. The monoisotopic (exact) mass is 392 g/mol. The van der Waals surface area contributed by atoms with Crippen molar-refractivity contribution in [2.45, 2.75) is 30.7 Å². The first-order valence-electron chi connectivity index (χ1n) is 8.42. The first-order valence-corrected chi connectivity index (χ1v) is 11.3. The van der Waals surface area contributed by atoms with E-state index < -0.39 is 16.1 Å². The van der Waals surface area contributed by atoms with E-state index in [4.69, 9.17) is 0 Å². The SMILES string of the molecule is CCc1cccc(NC(=O)[C@@H](CCSC)NS(=O)(=O)c2ccccc2)c1. The number of carbonyl (C=O) groups excluding carboxylic acids is 1. The predicted octanol–water partition coefficient (Wildman–Crippen LogP) is 3.29. The van der Waals surface area contributed by atoms with Crippen LogP contribution in [0.25, 0.3) is 0 Å². The molecule has 2 aromatic carbocycles. The number of aryl methyl sites for hydroxylation is 1. The Kier molecular flexibility index (Phi) is 7.68. The van der Waals surface area contributed by atoms with Gasteiger partial charge in [-0.3, -0.25) is 4.79 Å². The van der Waals surface area contributed by atoms with Gasteiger partial charge in [0, 0.05) is 5.69 Å². The lowest BCUT2D eigenvalue weighted by molar-refractivity contribution is -0.117. The van der Waals surface area contributed by atoms with Gasteiger partial charge < -0.3 is 5.32 Å². The summed E-state index contributed by atoms with van der Waals surface area (Å²) >= 11 is 1.57. The Labute approximate surface area is 159 Å². The maximum atomic E-state index is 12.7. The third-order valence-electron chi connectivity index (χ3n) is 3.88. The summed E-state index contributed by atoms with van der Waals surface area (Å²) in [5.41, 5.74) is 1.77. The first-order chi connectivity index (χ1) is 12.5. The van der Waals surface area contributed by atoms with Crippen LogP contribution in [-0.2, 0) is 21.2 Å². The normalized spacial score (nSPS) is 12.5. The molecule has 2 N–H and O–H groups in total. The highest BCUT2D eigenvalue weighted by Gasteiger charge is 2.25. The summed E-state index contributed by atoms with van der Waals surface area (Å²) in [4.78, 5) is 12.8. The number of rotatable bonds is 9. The summed E-state index contributed by atoms with van der Waals surface area (Å²) in [5.74, 6) is 0.316. The Balaban J connectivity index is 2.16. The van der Waals surface area contributed by atoms with Gasteiger partial charge in [0.1, 0.15) is 6.04 Å². The van der Waals surface area contributed by atoms with Gasteiger partial charge in [-0.2, -0.15) is 16.5 Å². The second-order valence-corrected chi connectivity index (χ2v) is 8.51. The smallest absolute Gasteiger partial charge is 0.242 e. The number of sulfonamides is 1. The lowest BCUT2D eigenvalue weighted by atomic mass is 10.1. The van der Waals surface area contributed by atoms with E-state index in [0.717, 1.165) is 12.0 Å². The molecule has 0 radical (unpaired) electrons. The fourth-order valence-electron chi connectivity index (χ4n) is 2.43. The van der Waals surface area contributed by atoms with Gasteiger partial charge in [0.15, 0.2) is 0 Å². The minimum Gasteiger partial charge on any atom is -0.325 e. The third kappa shape index (κ3) is 5.86. The maximum Gasteiger partial charge on any atom is 0.242 e. The minimum atomic E-state index is -3.76. The number of nitrogens with one attached hydrogen (secondary N) is 2. The van der Waals surface area contributed by atoms with Crippen LogP contribution in [0.5, 0.6) is 0 Å². The van der Waals surface area contributed by atoms with Crippen LogP contribution < -0.4 is 10.0 Å². The van der Waals surface area contributed by atoms with E-state index in [1.54, 1.807) is 36.0 Å². The van der Waals surface area contributed by atoms with Gasteiger partial charge >= 0.3 is 0 Å². The van der Waals surface area contributed by atoms with E-state index in [9.17, 15) is 13.2 Å². The van der Waals surface area contributed by atoms with Crippen molar-refractivity contribution in [3.05, 3.63) is 60.2 Å². The number of carbonyl (C=O) groups is 1. The summed E-state index contributed by atoms with van der Waals surface area (Å²) in [7, 11) is -3.76. The van der Waals surface area contributed by atoms with Gasteiger partial charge in [0.05, 0.1) is 4.90 Å². The highest BCUT2D eigenvalue weighted by atomic mass is 32.2. The van der Waals surface area contributed by atoms with Crippen molar-refractivity contribution in [2.75, 3.05) is 17.3 Å². The van der Waals surface area contributed by atoms with E-state index in [1.807, 2.05) is 31.4 Å². The van der Waals surface area contributed by atoms with E-state index >= 15 is 0 Å². The molecule has 0 aliphatic heterocycles. The molecule has 140 valence electrons. The zero-order valence-electron chi connectivity index (χ0n) is 14.9. The minimum absolute atomic E-state index is 0.148. The lowest BCUT2D eigenvalue weighted by Crippen LogP contribution is -2.44. The molecule has 7 heteroatoms. The van der Waals surface area contributed by atoms with Gasteiger partial charge in [0.2, 0.25) is 15.9 Å². The van der Waals surface area contributed by atoms with E-state index in [0.29, 0.717) is 17.9 Å². The number of hydrogen-bond acceptors (Lipinski definition) is 4. The van der Waals surface area contributed by atoms with Crippen LogP contribution in [0, 0.1) is 0 Å². The van der Waals surface area contributed by atoms with Gasteiger partial charge in [-0.1, -0.05) is 37.3 Å². The molecule has 0 fully saturated rings. The fourth-order valence-corrected chi connectivity index (χ4v) is 4.15. The van der Waals surface area contributed by atoms with E-state index in [1.165, 1.54) is 12.1 Å². The average Bonchev–Trinajstić information content (AvgIpc) is 2.65. The van der Waals surface area contributed by atoms with Crippen molar-refractivity contribution >= 4 is 33.4 Å². The van der Waals surface area contributed by atoms with Gasteiger partial charge in [-0.05, 0) is 54.7 Å². The number of anilines is 1. The van der Waals surface area contributed by atoms with Crippen LogP contribution in [0.1, 0.15) is 18.9 Å². The molecule has 0 aromatic heterocycles. The third-order valence-corrected chi connectivity index (χ3v) is 6.01. The standard InChI is InChI=1S/C19H24N2O3S2/c1-3-15-8-7-9-16(14-15)20-19(22)18(12-13-25-2)21-26(23,24)17-10-5-4-6-11-17/h4-11,14,18,21H,3,12-13H2,1-2H3,(H,20,22)/t18-/m1/s1. The van der Waals surface area contributed by atoms with E-state index in [-0.39, 0.29) is 10.8 Å². The van der Waals surface area contributed by atoms with Crippen LogP contribution in [0.15, 0.2) is 59.5 Å². The Hall–Kier alpha value is -1.83. The molecule has 0 bridgehead atoms. The summed E-state index contributed by atoms with van der Waals surface area (Å²) in [6, 6.07) is 14.8. The quantitative estimate of drug-likeness (QED) is 0.687. The molecule has 0 spiro atoms. The molecule has 5 nitrogen and oxygen atoms in total. The van der Waals surface area contributed by atoms with Crippen molar-refractivity contribution in [3.63, 3.8) is 0 Å². The largest absolute Gasteiger partial charge is 0.325 e. The number of hydrogen-bond donors (Lipinski definition) is 2. The molecular weight excluding hydrogens is 368 g/mol. The van der Waals surface area contributed by atoms with Crippen LogP contribution >= 0.6 is 11.8 Å². The Bertz CT molecular complexity index is 824. The second-order valence-electron chi connectivity index (χ2n) is 5.81. The van der Waals surface area contributed by atoms with Crippen molar-refractivity contribution in [1.82, 2.24) is 4.72 Å². The molecule has 0 unspecified atom stereocenters. The highest BCUT2D eigenvalue weighted by Crippen LogP contribution is 2.14. The van der Waals surface area contributed by atoms with Crippen molar-refractivity contribution < 1.29 is 13.2 Å². The zero-order chi connectivity index (χ0) is 19.0. The van der Waals surface area contributed by atoms with Crippen molar-refractivity contribution in [1.29, 1.82) is 0 Å². The molecule has 2 aromatic rings. The lowest BCUT2D eigenvalue weighted by Gasteiger charge is -2.18. The van der Waals surface area contributed by atoms with Crippen LogP contribution in [0.4, 0.5) is 5.69 Å². The van der Waals surface area contributed by atoms with Gasteiger partial charge in [-0.15, -0.1) is 0 Å². The summed E-state index contributed by atoms with van der Waals surface area (Å²) in [6.07, 6.45) is 3.19. The molecule has 0 heterocycles.